The summed E-state index contributed by atoms with van der Waals surface area (Å²) in [6.45, 7) is 0.891. The first kappa shape index (κ1) is 30.8. The monoisotopic (exact) mass is 624 g/mol. The van der Waals surface area contributed by atoms with Crippen LogP contribution in [0.25, 0.3) is 0 Å². The van der Waals surface area contributed by atoms with E-state index in [1.165, 1.54) is 0 Å². The summed E-state index contributed by atoms with van der Waals surface area (Å²) < 4.78 is 10.6. The maximum absolute atomic E-state index is 12.2. The van der Waals surface area contributed by atoms with Crippen LogP contribution in [-0.4, -0.2) is 114 Å². The van der Waals surface area contributed by atoms with Gasteiger partial charge in [0, 0.05) is 6.92 Å². The molecule has 0 aliphatic carbocycles. The summed E-state index contributed by atoms with van der Waals surface area (Å²) in [5.41, 5.74) is 5.45. The van der Waals surface area contributed by atoms with Crippen molar-refractivity contribution in [2.24, 2.45) is 11.7 Å². The van der Waals surface area contributed by atoms with Crippen LogP contribution in [0.15, 0.2) is 0 Å². The molecule has 1 aliphatic heterocycles. The molecule has 1 fully saturated rings. The van der Waals surface area contributed by atoms with Crippen LogP contribution in [0.4, 0.5) is 0 Å². The van der Waals surface area contributed by atoms with E-state index in [-0.39, 0.29) is 6.42 Å². The number of hydrogen-bond donors (Lipinski definition) is 7. The third kappa shape index (κ3) is 10.2. The number of nitrogens with one attached hydrogen (secondary N) is 1. The van der Waals surface area contributed by atoms with Gasteiger partial charge in [-0.25, -0.2) is 4.79 Å². The molecule has 7 atom stereocenters. The molecule has 0 bridgehead atoms. The molecule has 1 saturated heterocycles. The van der Waals surface area contributed by atoms with E-state index in [0.717, 1.165) is 6.92 Å². The fraction of sp³-hybridized carbons (Fsp3) is 0.789. The van der Waals surface area contributed by atoms with Crippen molar-refractivity contribution in [3.05, 3.63) is 0 Å². The molecule has 1 rings (SSSR count). The second-order valence-corrected chi connectivity index (χ2v) is 17.7. The summed E-state index contributed by atoms with van der Waals surface area (Å²) in [7, 11) is 1.63. The normalized spacial score (nSPS) is 25.5. The first-order valence-corrected chi connectivity index (χ1v) is 17.6. The molecule has 2 unspecified atom stereocenters. The van der Waals surface area contributed by atoms with E-state index in [1.807, 2.05) is 4.93 Å². The molecule has 0 aromatic carbocycles. The van der Waals surface area contributed by atoms with E-state index in [0.29, 0.717) is 16.7 Å². The number of carboxylic acid groups (broad SMARTS) is 2. The van der Waals surface area contributed by atoms with Crippen molar-refractivity contribution in [1.82, 2.24) is 5.32 Å². The Hall–Kier alpha value is -1.24. The molecule has 198 valence electrons. The van der Waals surface area contributed by atoms with Gasteiger partial charge in [0.2, 0.25) is 0 Å². The topological polar surface area (TPSA) is 226 Å². The first-order valence-electron chi connectivity index (χ1n) is 10.3. The number of aliphatic carboxylic acids is 2. The number of aliphatic hydroxyl groups is 3. The zero-order chi connectivity index (χ0) is 26.0. The van der Waals surface area contributed by atoms with Crippen LogP contribution in [0.5, 0.6) is 0 Å². The van der Waals surface area contributed by atoms with Gasteiger partial charge in [-0.15, -0.1) is 0 Å². The van der Waals surface area contributed by atoms with Gasteiger partial charge in [0.15, 0.2) is 0 Å². The number of aliphatic hydroxyl groups excluding tert-OH is 3. The fourth-order valence-corrected chi connectivity index (χ4v) is 10.7. The number of alkyl halides is 2. The third-order valence-electron chi connectivity index (χ3n) is 4.88. The Morgan fingerprint density at radius 3 is 2.44 bits per heavy atom. The molecular formula is C19H33IN2O11S. The van der Waals surface area contributed by atoms with Crippen molar-refractivity contribution >= 4 is 51.2 Å². The summed E-state index contributed by atoms with van der Waals surface area (Å²) in [5, 5.41) is 52.0. The van der Waals surface area contributed by atoms with Crippen molar-refractivity contribution in [2.45, 2.75) is 56.3 Å². The second-order valence-electron chi connectivity index (χ2n) is 7.72. The van der Waals surface area contributed by atoms with Crippen LogP contribution in [0.3, 0.4) is 0 Å². The van der Waals surface area contributed by atoms with Crippen molar-refractivity contribution in [2.75, 3.05) is 28.3 Å². The van der Waals surface area contributed by atoms with Gasteiger partial charge in [0.25, 0.3) is 0 Å². The minimum absolute atomic E-state index is 0.350. The molecule has 0 aromatic rings. The van der Waals surface area contributed by atoms with Crippen LogP contribution in [0, 0.1) is 5.92 Å². The number of esters is 1. The van der Waals surface area contributed by atoms with Crippen molar-refractivity contribution in [3.8, 4) is 0 Å². The molecule has 0 saturated carbocycles. The van der Waals surface area contributed by atoms with Crippen LogP contribution in [0.1, 0.15) is 19.8 Å². The Kier molecular flexibility index (Phi) is 13.6. The molecule has 0 radical (unpaired) electrons. The van der Waals surface area contributed by atoms with E-state index >= 15 is 0 Å². The summed E-state index contributed by atoms with van der Waals surface area (Å²) in [5.74, 6) is -4.26. The van der Waals surface area contributed by atoms with E-state index in [9.17, 15) is 44.7 Å². The van der Waals surface area contributed by atoms with E-state index in [4.69, 9.17) is 15.2 Å². The van der Waals surface area contributed by atoms with Gasteiger partial charge in [-0.1, -0.05) is 0 Å². The van der Waals surface area contributed by atoms with Gasteiger partial charge in [0.05, 0.1) is 0 Å². The number of ether oxygens (including phenoxy) is 2. The van der Waals surface area contributed by atoms with E-state index in [2.05, 4.69) is 5.32 Å². The first-order chi connectivity index (χ1) is 15.9. The van der Waals surface area contributed by atoms with Gasteiger partial charge in [-0.2, -0.15) is 0 Å². The number of carbonyl (C=O) groups excluding carboxylic acids is 2. The van der Waals surface area contributed by atoms with Gasteiger partial charge < -0.3 is 5.11 Å². The predicted molar refractivity (Wildman–Crippen MR) is 130 cm³/mol. The Morgan fingerprint density at radius 1 is 1.26 bits per heavy atom. The summed E-state index contributed by atoms with van der Waals surface area (Å²) in [6, 6.07) is -1.22. The number of rotatable bonds is 14. The van der Waals surface area contributed by atoms with E-state index < -0.39 is 97.8 Å². The van der Waals surface area contributed by atoms with Gasteiger partial charge in [0.1, 0.15) is 0 Å². The van der Waals surface area contributed by atoms with Crippen LogP contribution in [0.2, 0.25) is 0 Å². The van der Waals surface area contributed by atoms with Crippen LogP contribution >= 0.6 is 27.4 Å². The molecule has 15 heteroatoms. The number of amides is 1. The van der Waals surface area contributed by atoms with Crippen molar-refractivity contribution < 1.29 is 54.2 Å². The summed E-state index contributed by atoms with van der Waals surface area (Å²) in [4.78, 5) is 48.4. The summed E-state index contributed by atoms with van der Waals surface area (Å²) in [6.07, 6.45) is -8.75. The Bertz CT molecular complexity index is 716. The maximum atomic E-state index is 12.2. The predicted octanol–water partition coefficient (Wildman–Crippen LogP) is -1.81. The number of carbonyl (C=O) groups is 4. The molecule has 1 heterocycles. The van der Waals surface area contributed by atoms with E-state index in [1.54, 1.807) is 8.93 Å². The molecule has 1 aliphatic rings. The Balaban J connectivity index is 2.73. The molecule has 34 heavy (non-hydrogen) atoms. The third-order valence-corrected chi connectivity index (χ3v) is 13.3. The molecule has 0 spiro atoms. The molecular weight excluding hydrogens is 591 g/mol. The van der Waals surface area contributed by atoms with Gasteiger partial charge >= 0.3 is 185 Å². The van der Waals surface area contributed by atoms with Gasteiger partial charge in [-0.3, -0.25) is 4.79 Å². The molecule has 8 N–H and O–H groups in total. The molecule has 13 nitrogen and oxygen atoms in total. The number of carboxylic acids is 2. The number of hydrogen-bond acceptors (Lipinski definition) is 11. The SMILES string of the molecule is CC(=O)N[C@H]1[C@H]([C@H](O)[C@H](O)COC(=O)CC(CI(C)SCCN)C(=O)O)OC(C(=O)O)C[C@@H]1O. The quantitative estimate of drug-likeness (QED) is 0.0644. The van der Waals surface area contributed by atoms with Crippen molar-refractivity contribution in [1.29, 1.82) is 0 Å². The molecule has 1 amide bonds. The van der Waals surface area contributed by atoms with Crippen molar-refractivity contribution in [3.63, 3.8) is 0 Å². The number of nitrogens with two attached hydrogens (primary N) is 1. The zero-order valence-corrected chi connectivity index (χ0v) is 21.8. The zero-order valence-electron chi connectivity index (χ0n) is 18.8. The number of halogens is 1. The fourth-order valence-electron chi connectivity index (χ4n) is 3.23. The van der Waals surface area contributed by atoms with Gasteiger partial charge in [-0.05, 0) is 0 Å². The van der Waals surface area contributed by atoms with Crippen LogP contribution < -0.4 is 11.1 Å². The average molecular weight is 624 g/mol. The Labute approximate surface area is 206 Å². The van der Waals surface area contributed by atoms with Crippen LogP contribution in [-0.2, 0) is 28.7 Å². The summed E-state index contributed by atoms with van der Waals surface area (Å²) >= 11 is -1.65. The second kappa shape index (κ2) is 15.0. The molecule has 0 aromatic heterocycles. The minimum atomic E-state index is -1.84. The standard InChI is InChI=1S/C19H33IN2O11S/c1-9(23)22-15-11(24)6-13(19(30)31)33-17(15)16(27)12(25)8-32-14(26)5-10(18(28)29)7-20(2)34-4-3-21/h10-13,15-17,24-25,27H,3-8,21H2,1-2H3,(H,22,23)(H,28,29)(H,30,31)/t10?,11-,12+,13?,15+,16+,17+/m0/s1. The Morgan fingerprint density at radius 2 is 1.91 bits per heavy atom. The average Bonchev–Trinajstić information content (AvgIpc) is 2.75.